The summed E-state index contributed by atoms with van der Waals surface area (Å²) in [4.78, 5) is 85.9. The number of carbonyl (C=O) groups is 7. The first kappa shape index (κ1) is 37.7. The second-order valence-corrected chi connectivity index (χ2v) is 10.8. The van der Waals surface area contributed by atoms with Crippen molar-refractivity contribution in [2.24, 2.45) is 5.73 Å². The Hall–Kier alpha value is -5.51. The Morgan fingerprint density at radius 3 is 1.62 bits per heavy atom. The van der Waals surface area contributed by atoms with Crippen LogP contribution in [0, 0.1) is 0 Å². The van der Waals surface area contributed by atoms with E-state index >= 15 is 0 Å². The molecule has 0 saturated heterocycles. The van der Waals surface area contributed by atoms with Crippen molar-refractivity contribution in [3.63, 3.8) is 0 Å². The molecule has 16 heteroatoms. The van der Waals surface area contributed by atoms with E-state index in [-0.39, 0.29) is 31.4 Å². The minimum absolute atomic E-state index is 0.0382. The molecule has 2 aromatic carbocycles. The number of rotatable bonds is 19. The van der Waals surface area contributed by atoms with Crippen LogP contribution in [0.1, 0.15) is 43.7 Å². The summed E-state index contributed by atoms with van der Waals surface area (Å²) < 4.78 is 0. The molecule has 16 nitrogen and oxygen atoms in total. The Balaban J connectivity index is 2.27. The number of carboxylic acid groups (broad SMARTS) is 3. The maximum atomic E-state index is 13.6. The Morgan fingerprint density at radius 1 is 0.617 bits per heavy atom. The van der Waals surface area contributed by atoms with Crippen molar-refractivity contribution in [1.29, 1.82) is 0 Å². The van der Waals surface area contributed by atoms with Crippen LogP contribution in [0.25, 0.3) is 0 Å². The van der Waals surface area contributed by atoms with E-state index in [0.717, 1.165) is 0 Å². The third kappa shape index (κ3) is 13.6. The Kier molecular flexibility index (Phi) is 14.8. The number of nitrogens with two attached hydrogens (primary N) is 1. The molecule has 10 N–H and O–H groups in total. The predicted octanol–water partition coefficient (Wildman–Crippen LogP) is -0.722. The van der Waals surface area contributed by atoms with E-state index in [2.05, 4.69) is 21.3 Å². The highest BCUT2D eigenvalue weighted by Crippen LogP contribution is 2.13. The fourth-order valence-corrected chi connectivity index (χ4v) is 4.30. The van der Waals surface area contributed by atoms with Gasteiger partial charge in [0, 0.05) is 25.7 Å². The molecule has 0 spiro atoms. The summed E-state index contributed by atoms with van der Waals surface area (Å²) in [6.45, 7) is 1.27. The molecule has 4 amide bonds. The van der Waals surface area contributed by atoms with Gasteiger partial charge in [-0.25, -0.2) is 4.79 Å². The first-order valence-electron chi connectivity index (χ1n) is 14.6. The van der Waals surface area contributed by atoms with E-state index in [4.69, 9.17) is 15.9 Å². The lowest BCUT2D eigenvalue weighted by Crippen LogP contribution is -2.58. The van der Waals surface area contributed by atoms with Gasteiger partial charge in [0.2, 0.25) is 23.6 Å². The molecule has 0 aliphatic heterocycles. The van der Waals surface area contributed by atoms with Gasteiger partial charge >= 0.3 is 17.9 Å². The molecule has 0 aliphatic rings. The van der Waals surface area contributed by atoms with Gasteiger partial charge in [-0.15, -0.1) is 0 Å². The second kappa shape index (κ2) is 18.5. The van der Waals surface area contributed by atoms with Gasteiger partial charge < -0.3 is 47.4 Å². The number of carboxylic acids is 3. The highest BCUT2D eigenvalue weighted by Gasteiger charge is 2.31. The molecular formula is C31H39N5O11. The van der Waals surface area contributed by atoms with Crippen LogP contribution in [-0.4, -0.2) is 92.2 Å². The zero-order chi connectivity index (χ0) is 35.1. The van der Waals surface area contributed by atoms with Crippen LogP contribution < -0.4 is 27.0 Å². The average Bonchev–Trinajstić information content (AvgIpc) is 3.02. The minimum atomic E-state index is -1.52. The molecule has 0 fully saturated rings. The average molecular weight is 658 g/mol. The molecule has 0 unspecified atom stereocenters. The number of nitrogens with one attached hydrogen (secondary N) is 4. The topological polar surface area (TPSA) is 275 Å². The molecule has 47 heavy (non-hydrogen) atoms. The lowest BCUT2D eigenvalue weighted by atomic mass is 10.0. The summed E-state index contributed by atoms with van der Waals surface area (Å²) in [5, 5.41) is 46.5. The molecule has 5 atom stereocenters. The van der Waals surface area contributed by atoms with Crippen molar-refractivity contribution in [1.82, 2.24) is 21.3 Å². The molecule has 0 radical (unpaired) electrons. The van der Waals surface area contributed by atoms with Crippen molar-refractivity contribution >= 4 is 41.5 Å². The van der Waals surface area contributed by atoms with Crippen LogP contribution >= 0.6 is 0 Å². The van der Waals surface area contributed by atoms with Gasteiger partial charge in [0.1, 0.15) is 29.9 Å². The van der Waals surface area contributed by atoms with Crippen LogP contribution in [0.2, 0.25) is 0 Å². The molecule has 0 aliphatic carbocycles. The van der Waals surface area contributed by atoms with Gasteiger partial charge in [-0.3, -0.25) is 28.8 Å². The molecule has 254 valence electrons. The van der Waals surface area contributed by atoms with Gasteiger partial charge in [0.05, 0.1) is 6.04 Å². The minimum Gasteiger partial charge on any atom is -0.508 e. The van der Waals surface area contributed by atoms with Crippen LogP contribution in [0.5, 0.6) is 5.75 Å². The molecule has 2 rings (SSSR count). The number of amides is 4. The maximum Gasteiger partial charge on any atom is 0.326 e. The number of aliphatic carboxylic acids is 3. The number of phenols is 1. The van der Waals surface area contributed by atoms with Crippen molar-refractivity contribution in [2.75, 3.05) is 0 Å². The summed E-state index contributed by atoms with van der Waals surface area (Å²) >= 11 is 0. The first-order valence-corrected chi connectivity index (χ1v) is 14.6. The number of hydrogen-bond donors (Lipinski definition) is 9. The molecule has 0 bridgehead atoms. The monoisotopic (exact) mass is 657 g/mol. The van der Waals surface area contributed by atoms with Gasteiger partial charge in [0.15, 0.2) is 0 Å². The Bertz CT molecular complexity index is 1420. The number of hydrogen-bond acceptors (Lipinski definition) is 9. The fourth-order valence-electron chi connectivity index (χ4n) is 4.30. The quantitative estimate of drug-likeness (QED) is 0.0905. The normalized spacial score (nSPS) is 13.9. The van der Waals surface area contributed by atoms with Crippen LogP contribution in [-0.2, 0) is 46.4 Å². The standard InChI is InChI=1S/C31H39N5O11/c1-17(27(42)34-22(31(46)47)12-14-26(40)41)33-29(44)23(15-18-5-3-2-4-6-18)36-30(45)24(16-19-7-9-20(37)10-8-19)35-28(43)21(32)11-13-25(38)39/h2-10,17,21-24,37H,11-16,32H2,1H3,(H,33,44)(H,34,42)(H,35,43)(H,36,45)(H,38,39)(H,40,41)(H,46,47)/t17-,21-,22-,23-,24-/m0/s1. The third-order valence-corrected chi connectivity index (χ3v) is 6.94. The zero-order valence-corrected chi connectivity index (χ0v) is 25.5. The lowest BCUT2D eigenvalue weighted by molar-refractivity contribution is -0.143. The summed E-state index contributed by atoms with van der Waals surface area (Å²) in [5.74, 6) is -7.28. The van der Waals surface area contributed by atoms with Gasteiger partial charge in [-0.05, 0) is 43.0 Å². The number of phenolic OH excluding ortho intramolecular Hbond substituents is 1. The van der Waals surface area contributed by atoms with Crippen molar-refractivity contribution in [3.05, 3.63) is 65.7 Å². The Morgan fingerprint density at radius 2 is 1.09 bits per heavy atom. The highest BCUT2D eigenvalue weighted by molar-refractivity contribution is 5.95. The first-order chi connectivity index (χ1) is 22.2. The Labute approximate surface area is 269 Å². The largest absolute Gasteiger partial charge is 0.508 e. The maximum absolute atomic E-state index is 13.6. The van der Waals surface area contributed by atoms with Gasteiger partial charge in [-0.1, -0.05) is 42.5 Å². The van der Waals surface area contributed by atoms with Crippen LogP contribution in [0.4, 0.5) is 0 Å². The van der Waals surface area contributed by atoms with Crippen molar-refractivity contribution < 1.29 is 54.0 Å². The molecule has 0 heterocycles. The molecule has 0 aromatic heterocycles. The van der Waals surface area contributed by atoms with E-state index in [0.29, 0.717) is 11.1 Å². The SMILES string of the molecule is C[C@H](NC(=O)[C@H](Cc1ccccc1)NC(=O)[C@H](Cc1ccc(O)cc1)NC(=O)[C@@H](N)CCC(=O)O)C(=O)N[C@@H](CCC(=O)O)C(=O)O. The highest BCUT2D eigenvalue weighted by atomic mass is 16.4. The number of benzene rings is 2. The molecule has 0 saturated carbocycles. The summed E-state index contributed by atoms with van der Waals surface area (Å²) in [5.41, 5.74) is 6.99. The second-order valence-electron chi connectivity index (χ2n) is 10.8. The lowest BCUT2D eigenvalue weighted by Gasteiger charge is -2.26. The van der Waals surface area contributed by atoms with E-state index in [1.54, 1.807) is 30.3 Å². The van der Waals surface area contributed by atoms with Crippen molar-refractivity contribution in [3.8, 4) is 5.75 Å². The van der Waals surface area contributed by atoms with E-state index in [9.17, 15) is 43.8 Å². The van der Waals surface area contributed by atoms with Gasteiger partial charge in [-0.2, -0.15) is 0 Å². The summed E-state index contributed by atoms with van der Waals surface area (Å²) in [7, 11) is 0. The van der Waals surface area contributed by atoms with E-state index < -0.39 is 84.6 Å². The fraction of sp³-hybridized carbons (Fsp3) is 0.387. The van der Waals surface area contributed by atoms with Crippen molar-refractivity contribution in [2.45, 2.75) is 75.7 Å². The van der Waals surface area contributed by atoms with E-state index in [1.807, 2.05) is 0 Å². The van der Waals surface area contributed by atoms with E-state index in [1.165, 1.54) is 31.2 Å². The molecule has 2 aromatic rings. The van der Waals surface area contributed by atoms with Crippen LogP contribution in [0.3, 0.4) is 0 Å². The van der Waals surface area contributed by atoms with Gasteiger partial charge in [0.25, 0.3) is 0 Å². The summed E-state index contributed by atoms with van der Waals surface area (Å²) in [6, 6.07) is 7.63. The predicted molar refractivity (Wildman–Crippen MR) is 165 cm³/mol. The smallest absolute Gasteiger partial charge is 0.326 e. The zero-order valence-electron chi connectivity index (χ0n) is 25.5. The number of aromatic hydroxyl groups is 1. The summed E-state index contributed by atoms with van der Waals surface area (Å²) in [6.07, 6.45) is -1.66. The van der Waals surface area contributed by atoms with Crippen LogP contribution in [0.15, 0.2) is 54.6 Å². The third-order valence-electron chi connectivity index (χ3n) is 6.94. The number of carbonyl (C=O) groups excluding carboxylic acids is 4. The molecular weight excluding hydrogens is 618 g/mol.